The number of aryl methyl sites for hydroxylation is 2. The van der Waals surface area contributed by atoms with Crippen LogP contribution in [0.2, 0.25) is 0 Å². The lowest BCUT2D eigenvalue weighted by Gasteiger charge is -2.26. The molecule has 0 bridgehead atoms. The minimum atomic E-state index is -0.605. The monoisotopic (exact) mass is 650 g/mol. The summed E-state index contributed by atoms with van der Waals surface area (Å²) >= 11 is 0. The summed E-state index contributed by atoms with van der Waals surface area (Å²) in [6.45, 7) is 11.5. The minimum absolute atomic E-state index is 0. The molecule has 0 radical (unpaired) electrons. The highest BCUT2D eigenvalue weighted by molar-refractivity contribution is 5.68. The van der Waals surface area contributed by atoms with Crippen molar-refractivity contribution >= 4 is 0 Å². The minimum Gasteiger partial charge on any atom is -0.207 e. The number of halogens is 5. The topological polar surface area (TPSA) is 0 Å². The molecule has 0 spiro atoms. The Labute approximate surface area is 280 Å². The van der Waals surface area contributed by atoms with Crippen molar-refractivity contribution in [3.63, 3.8) is 0 Å². The van der Waals surface area contributed by atoms with Crippen molar-refractivity contribution in [2.45, 2.75) is 105 Å². The van der Waals surface area contributed by atoms with Crippen LogP contribution in [0, 0.1) is 68.6 Å². The van der Waals surface area contributed by atoms with Gasteiger partial charge in [-0.15, -0.1) is 0 Å². The van der Waals surface area contributed by atoms with E-state index in [4.69, 9.17) is 0 Å². The van der Waals surface area contributed by atoms with E-state index in [2.05, 4.69) is 13.8 Å². The standard InChI is InChI=1S/C21H23F3.C21H24F2.2H2/c1-12-4-6-15(7-5-12)16-9-19(23)21(20(24)10-16)17-8-13(2)14(3)18(22)11-17;1-13-4-6-16(7-5-13)17-8-9-19(21(23)11-17)18-10-14(2)15(3)20(22)12-18;;/h8-12,15H,4-7H2,1-3H3;8-13,16H,4-7H2,1-3H3;2*1H. The molecule has 5 heteroatoms. The Hall–Kier alpha value is -3.47. The van der Waals surface area contributed by atoms with Crippen molar-refractivity contribution in [3.05, 3.63) is 117 Å². The largest absolute Gasteiger partial charge is 0.207 e. The first-order chi connectivity index (χ1) is 22.3. The summed E-state index contributed by atoms with van der Waals surface area (Å²) in [5.74, 6) is -0.00945. The molecule has 0 N–H and O–H groups in total. The Balaban J connectivity index is 0.000000255. The normalized spacial score (nSPS) is 21.3. The number of hydrogen-bond acceptors (Lipinski definition) is 0. The summed E-state index contributed by atoms with van der Waals surface area (Å²) in [4.78, 5) is 0. The molecule has 0 atom stereocenters. The molecule has 2 aliphatic rings. The highest BCUT2D eigenvalue weighted by Crippen LogP contribution is 2.39. The molecule has 2 fully saturated rings. The van der Waals surface area contributed by atoms with Crippen LogP contribution in [0.1, 0.15) is 113 Å². The SMILES string of the molecule is Cc1cc(-c2c(F)cc(C3CCC(C)CC3)cc2F)cc(F)c1C.Cc1cc(-c2ccc(C3CCC(C)CC3)cc2F)cc(F)c1C.[HH].[HH]. The second-order valence-electron chi connectivity index (χ2n) is 14.3. The van der Waals surface area contributed by atoms with Crippen molar-refractivity contribution in [1.29, 1.82) is 0 Å². The summed E-state index contributed by atoms with van der Waals surface area (Å²) < 4.78 is 71.8. The van der Waals surface area contributed by atoms with Gasteiger partial charge in [-0.1, -0.05) is 63.8 Å². The fourth-order valence-corrected chi connectivity index (χ4v) is 7.24. The van der Waals surface area contributed by atoms with Gasteiger partial charge in [-0.2, -0.15) is 0 Å². The van der Waals surface area contributed by atoms with Crippen LogP contribution in [0.15, 0.2) is 54.6 Å². The molecule has 0 unspecified atom stereocenters. The van der Waals surface area contributed by atoms with Crippen LogP contribution in [0.3, 0.4) is 0 Å². The van der Waals surface area contributed by atoms with Crippen molar-refractivity contribution < 1.29 is 24.8 Å². The molecule has 0 aliphatic heterocycles. The molecule has 4 aromatic rings. The fourth-order valence-electron chi connectivity index (χ4n) is 7.24. The van der Waals surface area contributed by atoms with Crippen LogP contribution >= 0.6 is 0 Å². The van der Waals surface area contributed by atoms with Gasteiger partial charge in [0.15, 0.2) is 0 Å². The first kappa shape index (κ1) is 34.9. The number of benzene rings is 4. The summed E-state index contributed by atoms with van der Waals surface area (Å²) in [5, 5.41) is 0. The van der Waals surface area contributed by atoms with Crippen molar-refractivity contribution in [2.24, 2.45) is 11.8 Å². The third kappa shape index (κ3) is 7.99. The van der Waals surface area contributed by atoms with Crippen LogP contribution in [-0.4, -0.2) is 0 Å². The van der Waals surface area contributed by atoms with E-state index >= 15 is 0 Å². The van der Waals surface area contributed by atoms with Crippen molar-refractivity contribution in [2.75, 3.05) is 0 Å². The second-order valence-corrected chi connectivity index (χ2v) is 14.3. The van der Waals surface area contributed by atoms with Gasteiger partial charge in [0.2, 0.25) is 0 Å². The number of rotatable bonds is 4. The molecule has 2 saturated carbocycles. The maximum atomic E-state index is 14.6. The van der Waals surface area contributed by atoms with E-state index in [0.717, 1.165) is 61.1 Å². The van der Waals surface area contributed by atoms with E-state index in [1.165, 1.54) is 37.1 Å². The van der Waals surface area contributed by atoms with E-state index < -0.39 is 17.5 Å². The van der Waals surface area contributed by atoms with E-state index in [0.29, 0.717) is 39.7 Å². The molecular weight excluding hydrogens is 599 g/mol. The molecule has 2 aliphatic carbocycles. The average Bonchev–Trinajstić information content (AvgIpc) is 3.03. The molecule has 254 valence electrons. The van der Waals surface area contributed by atoms with Gasteiger partial charge in [-0.25, -0.2) is 22.0 Å². The molecule has 0 aromatic heterocycles. The van der Waals surface area contributed by atoms with Gasteiger partial charge in [-0.3, -0.25) is 0 Å². The molecule has 0 saturated heterocycles. The van der Waals surface area contributed by atoms with Gasteiger partial charge in [0, 0.05) is 8.42 Å². The first-order valence-electron chi connectivity index (χ1n) is 17.1. The van der Waals surface area contributed by atoms with Gasteiger partial charge < -0.3 is 0 Å². The van der Waals surface area contributed by atoms with Gasteiger partial charge in [0.05, 0.1) is 5.56 Å². The lowest BCUT2D eigenvalue weighted by molar-refractivity contribution is 0.346. The maximum absolute atomic E-state index is 14.6. The zero-order valence-electron chi connectivity index (χ0n) is 28.6. The zero-order chi connectivity index (χ0) is 34.0. The average molecular weight is 651 g/mol. The fraction of sp³-hybridized carbons (Fsp3) is 0.429. The molecule has 4 aromatic carbocycles. The van der Waals surface area contributed by atoms with E-state index in [-0.39, 0.29) is 31.5 Å². The molecule has 47 heavy (non-hydrogen) atoms. The summed E-state index contributed by atoms with van der Waals surface area (Å²) in [7, 11) is 0. The first-order valence-corrected chi connectivity index (χ1v) is 17.1. The Morgan fingerprint density at radius 3 is 1.36 bits per heavy atom. The third-order valence-corrected chi connectivity index (χ3v) is 10.8. The van der Waals surface area contributed by atoms with Crippen molar-refractivity contribution in [1.82, 2.24) is 0 Å². The van der Waals surface area contributed by atoms with Crippen LogP contribution in [0.5, 0.6) is 0 Å². The predicted octanol–water partition coefficient (Wildman–Crippen LogP) is 13.7. The van der Waals surface area contributed by atoms with Crippen LogP contribution in [0.25, 0.3) is 22.3 Å². The Morgan fingerprint density at radius 2 is 0.894 bits per heavy atom. The van der Waals surface area contributed by atoms with Crippen LogP contribution in [0.4, 0.5) is 22.0 Å². The van der Waals surface area contributed by atoms with Crippen LogP contribution in [-0.2, 0) is 0 Å². The maximum Gasteiger partial charge on any atom is 0.134 e. The lowest BCUT2D eigenvalue weighted by atomic mass is 9.79. The smallest absolute Gasteiger partial charge is 0.134 e. The second kappa shape index (κ2) is 14.7. The van der Waals surface area contributed by atoms with E-state index in [1.807, 2.05) is 25.1 Å². The lowest BCUT2D eigenvalue weighted by Crippen LogP contribution is -2.11. The van der Waals surface area contributed by atoms with Gasteiger partial charge >= 0.3 is 0 Å². The third-order valence-electron chi connectivity index (χ3n) is 10.8. The molecule has 6 rings (SSSR count). The van der Waals surface area contributed by atoms with Crippen LogP contribution < -0.4 is 0 Å². The Kier molecular flexibility index (Phi) is 10.9. The van der Waals surface area contributed by atoms with Gasteiger partial charge in [0.25, 0.3) is 0 Å². The molecule has 0 nitrogen and oxygen atoms in total. The van der Waals surface area contributed by atoms with E-state index in [9.17, 15) is 22.0 Å². The quantitative estimate of drug-likeness (QED) is 0.193. The molecule has 0 heterocycles. The highest BCUT2D eigenvalue weighted by Gasteiger charge is 2.24. The van der Waals surface area contributed by atoms with E-state index in [1.54, 1.807) is 32.9 Å². The highest BCUT2D eigenvalue weighted by atomic mass is 19.1. The van der Waals surface area contributed by atoms with Gasteiger partial charge in [-0.05, 0) is 152 Å². The Morgan fingerprint density at radius 1 is 0.468 bits per heavy atom. The number of hydrogen-bond donors (Lipinski definition) is 0. The summed E-state index contributed by atoms with van der Waals surface area (Å²) in [6.07, 6.45) is 8.84. The molecule has 0 amide bonds. The summed E-state index contributed by atoms with van der Waals surface area (Å²) in [5.41, 5.74) is 5.71. The predicted molar refractivity (Wildman–Crippen MR) is 187 cm³/mol. The van der Waals surface area contributed by atoms with Crippen molar-refractivity contribution in [3.8, 4) is 22.3 Å². The van der Waals surface area contributed by atoms with Gasteiger partial charge in [0.1, 0.15) is 29.1 Å². The summed E-state index contributed by atoms with van der Waals surface area (Å²) in [6, 6.07) is 14.5. The molecular formula is C42H51F5. The zero-order valence-corrected chi connectivity index (χ0v) is 28.6. The Bertz CT molecular complexity index is 1660.